The highest BCUT2D eigenvalue weighted by molar-refractivity contribution is 6.74. The van der Waals surface area contributed by atoms with Gasteiger partial charge in [0.25, 0.3) is 0 Å². The van der Waals surface area contributed by atoms with Crippen LogP contribution in [0.4, 0.5) is 0 Å². The van der Waals surface area contributed by atoms with Crippen molar-refractivity contribution in [2.75, 3.05) is 6.61 Å². The third-order valence-electron chi connectivity index (χ3n) is 4.19. The van der Waals surface area contributed by atoms with Gasteiger partial charge in [-0.05, 0) is 37.9 Å². The quantitative estimate of drug-likeness (QED) is 0.401. The molecular formula is C16H34O2Si. The number of carbonyl (C=O) groups is 1. The normalized spacial score (nSPS) is 12.7. The minimum Gasteiger partial charge on any atom is -0.417 e. The lowest BCUT2D eigenvalue weighted by Gasteiger charge is -2.36. The van der Waals surface area contributed by atoms with Gasteiger partial charge >= 0.3 is 0 Å². The van der Waals surface area contributed by atoms with Crippen molar-refractivity contribution in [3.63, 3.8) is 0 Å². The van der Waals surface area contributed by atoms with Crippen molar-refractivity contribution < 1.29 is 9.22 Å². The molecule has 0 aromatic heterocycles. The van der Waals surface area contributed by atoms with Crippen LogP contribution in [-0.4, -0.2) is 20.7 Å². The van der Waals surface area contributed by atoms with Crippen molar-refractivity contribution in [3.05, 3.63) is 0 Å². The summed E-state index contributed by atoms with van der Waals surface area (Å²) in [5.41, 5.74) is 0. The molecule has 19 heavy (non-hydrogen) atoms. The van der Waals surface area contributed by atoms with Gasteiger partial charge < -0.3 is 9.22 Å². The third kappa shape index (κ3) is 9.39. The Morgan fingerprint density at radius 2 is 1.42 bits per heavy atom. The number of ketones is 1. The second kappa shape index (κ2) is 8.91. The molecule has 0 bridgehead atoms. The molecule has 0 aromatic carbocycles. The first-order valence-corrected chi connectivity index (χ1v) is 10.7. The molecule has 0 aliphatic rings. The van der Waals surface area contributed by atoms with Crippen LogP contribution in [0.1, 0.15) is 72.6 Å². The van der Waals surface area contributed by atoms with E-state index in [-0.39, 0.29) is 0 Å². The summed E-state index contributed by atoms with van der Waals surface area (Å²) in [6, 6.07) is 0. The van der Waals surface area contributed by atoms with E-state index in [0.717, 1.165) is 19.4 Å². The van der Waals surface area contributed by atoms with Crippen LogP contribution in [0.3, 0.4) is 0 Å². The van der Waals surface area contributed by atoms with Gasteiger partial charge in [0.05, 0.1) is 0 Å². The minimum atomic E-state index is -1.54. The van der Waals surface area contributed by atoms with Gasteiger partial charge in [-0.2, -0.15) is 0 Å². The summed E-state index contributed by atoms with van der Waals surface area (Å²) in [6.45, 7) is 14.1. The number of Topliss-reactive ketones (excluding diaryl/α,β-unsaturated/α-hetero) is 1. The highest BCUT2D eigenvalue weighted by Gasteiger charge is 2.36. The van der Waals surface area contributed by atoms with E-state index in [4.69, 9.17) is 4.43 Å². The molecular weight excluding hydrogens is 252 g/mol. The first-order valence-electron chi connectivity index (χ1n) is 7.80. The number of carbonyl (C=O) groups excluding carboxylic acids is 1. The maximum Gasteiger partial charge on any atom is 0.191 e. The standard InChI is InChI=1S/C16H34O2Si/c1-15(17)13-11-9-7-8-10-12-14-18-19(5,6)16(2,3)4/h7-14H2,1-6H3. The second-order valence-electron chi connectivity index (χ2n) is 7.18. The average molecular weight is 287 g/mol. The van der Waals surface area contributed by atoms with Crippen LogP contribution in [0.15, 0.2) is 0 Å². The molecule has 0 spiro atoms. The van der Waals surface area contributed by atoms with Crippen molar-refractivity contribution in [2.45, 2.75) is 90.8 Å². The van der Waals surface area contributed by atoms with Crippen molar-refractivity contribution in [2.24, 2.45) is 0 Å². The predicted octanol–water partition coefficient (Wildman–Crippen LogP) is 5.33. The fourth-order valence-corrected chi connectivity index (χ4v) is 2.81. The first-order chi connectivity index (χ1) is 8.67. The largest absolute Gasteiger partial charge is 0.417 e. The summed E-state index contributed by atoms with van der Waals surface area (Å²) in [7, 11) is -1.54. The highest BCUT2D eigenvalue weighted by atomic mass is 28.4. The van der Waals surface area contributed by atoms with Crippen LogP contribution in [0.25, 0.3) is 0 Å². The van der Waals surface area contributed by atoms with Gasteiger partial charge in [0, 0.05) is 13.0 Å². The number of rotatable bonds is 10. The fourth-order valence-electron chi connectivity index (χ4n) is 1.73. The molecule has 0 aromatic rings. The molecule has 0 saturated carbocycles. The molecule has 3 heteroatoms. The number of hydrogen-bond acceptors (Lipinski definition) is 2. The van der Waals surface area contributed by atoms with Crippen LogP contribution in [0.2, 0.25) is 18.1 Å². The van der Waals surface area contributed by atoms with E-state index in [1.165, 1.54) is 32.1 Å². The van der Waals surface area contributed by atoms with E-state index in [9.17, 15) is 4.79 Å². The molecule has 0 atom stereocenters. The predicted molar refractivity (Wildman–Crippen MR) is 86.1 cm³/mol. The maximum absolute atomic E-state index is 10.8. The summed E-state index contributed by atoms with van der Waals surface area (Å²) >= 11 is 0. The van der Waals surface area contributed by atoms with Crippen molar-refractivity contribution >= 4 is 14.1 Å². The molecule has 114 valence electrons. The van der Waals surface area contributed by atoms with E-state index in [2.05, 4.69) is 33.9 Å². The van der Waals surface area contributed by atoms with E-state index >= 15 is 0 Å². The van der Waals surface area contributed by atoms with Gasteiger partial charge in [-0.25, -0.2) is 0 Å². The average Bonchev–Trinajstić information content (AvgIpc) is 2.24. The minimum absolute atomic E-state index is 0.319. The van der Waals surface area contributed by atoms with Gasteiger partial charge in [-0.3, -0.25) is 0 Å². The second-order valence-corrected chi connectivity index (χ2v) is 12.0. The zero-order valence-electron chi connectivity index (χ0n) is 14.0. The van der Waals surface area contributed by atoms with E-state index in [1.807, 2.05) is 0 Å². The molecule has 0 aliphatic heterocycles. The Hall–Kier alpha value is -0.153. The lowest BCUT2D eigenvalue weighted by Crippen LogP contribution is -2.40. The summed E-state index contributed by atoms with van der Waals surface area (Å²) in [5.74, 6) is 0.322. The molecule has 0 rings (SSSR count). The molecule has 0 unspecified atom stereocenters. The SMILES string of the molecule is CC(=O)CCCCCCCCO[Si](C)(C)C(C)(C)C. The van der Waals surface area contributed by atoms with Crippen molar-refractivity contribution in [1.29, 1.82) is 0 Å². The zero-order valence-corrected chi connectivity index (χ0v) is 15.0. The van der Waals surface area contributed by atoms with E-state index < -0.39 is 8.32 Å². The molecule has 0 radical (unpaired) electrons. The van der Waals surface area contributed by atoms with Crippen molar-refractivity contribution in [1.82, 2.24) is 0 Å². The van der Waals surface area contributed by atoms with E-state index in [1.54, 1.807) is 6.92 Å². The molecule has 0 amide bonds. The van der Waals surface area contributed by atoms with Gasteiger partial charge in [0.15, 0.2) is 8.32 Å². The lowest BCUT2D eigenvalue weighted by atomic mass is 10.1. The molecule has 0 N–H and O–H groups in total. The molecule has 0 aliphatic carbocycles. The monoisotopic (exact) mass is 286 g/mol. The van der Waals surface area contributed by atoms with Crippen molar-refractivity contribution in [3.8, 4) is 0 Å². The number of unbranched alkanes of at least 4 members (excludes halogenated alkanes) is 5. The number of hydrogen-bond donors (Lipinski definition) is 0. The van der Waals surface area contributed by atoms with Gasteiger partial charge in [-0.15, -0.1) is 0 Å². The van der Waals surface area contributed by atoms with Crippen LogP contribution >= 0.6 is 0 Å². The summed E-state index contributed by atoms with van der Waals surface area (Å²) in [5, 5.41) is 0.319. The Labute approximate surface area is 121 Å². The van der Waals surface area contributed by atoms with Gasteiger partial charge in [0.1, 0.15) is 5.78 Å². The van der Waals surface area contributed by atoms with Crippen LogP contribution in [0, 0.1) is 0 Å². The summed E-state index contributed by atoms with van der Waals surface area (Å²) in [6.07, 6.45) is 7.99. The first kappa shape index (κ1) is 18.8. The molecule has 0 heterocycles. The Morgan fingerprint density at radius 3 is 1.89 bits per heavy atom. The Kier molecular flexibility index (Phi) is 8.84. The highest BCUT2D eigenvalue weighted by Crippen LogP contribution is 2.36. The Morgan fingerprint density at radius 1 is 0.947 bits per heavy atom. The van der Waals surface area contributed by atoms with Crippen LogP contribution in [0.5, 0.6) is 0 Å². The smallest absolute Gasteiger partial charge is 0.191 e. The van der Waals surface area contributed by atoms with Crippen LogP contribution < -0.4 is 0 Å². The van der Waals surface area contributed by atoms with E-state index in [0.29, 0.717) is 10.8 Å². The molecule has 0 saturated heterocycles. The Bertz CT molecular complexity index is 254. The summed E-state index contributed by atoms with van der Waals surface area (Å²) < 4.78 is 6.15. The van der Waals surface area contributed by atoms with Gasteiger partial charge in [0.2, 0.25) is 0 Å². The van der Waals surface area contributed by atoms with Gasteiger partial charge in [-0.1, -0.05) is 46.5 Å². The Balaban J connectivity index is 3.44. The lowest BCUT2D eigenvalue weighted by molar-refractivity contribution is -0.117. The maximum atomic E-state index is 10.8. The zero-order chi connectivity index (χ0) is 14.9. The fraction of sp³-hybridized carbons (Fsp3) is 0.938. The topological polar surface area (TPSA) is 26.3 Å². The molecule has 0 fully saturated rings. The summed E-state index contributed by atoms with van der Waals surface area (Å²) in [4.78, 5) is 10.8. The third-order valence-corrected chi connectivity index (χ3v) is 8.73. The molecule has 2 nitrogen and oxygen atoms in total. The van der Waals surface area contributed by atoms with Crippen LogP contribution in [-0.2, 0) is 9.22 Å².